The van der Waals surface area contributed by atoms with Crippen LogP contribution in [0.1, 0.15) is 27.1 Å². The summed E-state index contributed by atoms with van der Waals surface area (Å²) in [6, 6.07) is 10.4. The third-order valence-corrected chi connectivity index (χ3v) is 6.07. The summed E-state index contributed by atoms with van der Waals surface area (Å²) in [5, 5.41) is 0. The summed E-state index contributed by atoms with van der Waals surface area (Å²) in [6.07, 6.45) is 0.675. The van der Waals surface area contributed by atoms with Crippen molar-refractivity contribution in [3.63, 3.8) is 0 Å². The van der Waals surface area contributed by atoms with E-state index in [1.54, 1.807) is 12.1 Å². The highest BCUT2D eigenvalue weighted by Gasteiger charge is 2.35. The van der Waals surface area contributed by atoms with Gasteiger partial charge in [0.05, 0.1) is 29.2 Å². The minimum absolute atomic E-state index is 0.107. The lowest BCUT2D eigenvalue weighted by atomic mass is 10.1. The molecule has 1 N–H and O–H groups in total. The Morgan fingerprint density at radius 2 is 1.65 bits per heavy atom. The van der Waals surface area contributed by atoms with Crippen LogP contribution in [0.5, 0.6) is 11.5 Å². The molecule has 0 fully saturated rings. The van der Waals surface area contributed by atoms with E-state index in [1.165, 1.54) is 30.3 Å². The van der Waals surface area contributed by atoms with Gasteiger partial charge in [0.25, 0.3) is 11.8 Å². The van der Waals surface area contributed by atoms with Crippen LogP contribution >= 0.6 is 0 Å². The van der Waals surface area contributed by atoms with Crippen LogP contribution in [-0.2, 0) is 19.6 Å². The van der Waals surface area contributed by atoms with E-state index in [-0.39, 0.29) is 16.0 Å². The molecule has 0 bridgehead atoms. The van der Waals surface area contributed by atoms with Crippen LogP contribution in [0.3, 0.4) is 0 Å². The van der Waals surface area contributed by atoms with Crippen LogP contribution in [0, 0.1) is 0 Å². The molecule has 0 radical (unpaired) electrons. The van der Waals surface area contributed by atoms with Crippen molar-refractivity contribution in [2.24, 2.45) is 0 Å². The van der Waals surface area contributed by atoms with Crippen LogP contribution in [0.2, 0.25) is 0 Å². The summed E-state index contributed by atoms with van der Waals surface area (Å²) in [5.41, 5.74) is 0.442. The Kier molecular flexibility index (Phi) is 5.61. The Morgan fingerprint density at radius 3 is 2.32 bits per heavy atom. The predicted molar refractivity (Wildman–Crippen MR) is 105 cm³/mol. The molecule has 10 nitrogen and oxygen atoms in total. The first-order chi connectivity index (χ1) is 14.9. The summed E-state index contributed by atoms with van der Waals surface area (Å²) in [6.45, 7) is -0.429. The Morgan fingerprint density at radius 1 is 1.00 bits per heavy atom. The lowest BCUT2D eigenvalue weighted by molar-refractivity contribution is -0.144. The van der Waals surface area contributed by atoms with E-state index in [0.717, 1.165) is 4.90 Å². The second kappa shape index (κ2) is 8.36. The molecule has 0 aromatic heterocycles. The standard InChI is InChI=1S/C20H18N2O8S/c23-18(30-12-22-19(24)14-4-1-2-5-15(14)20(22)25)11-21-31(26,27)13-6-7-16-17(10-13)29-9-3-8-28-16/h1-2,4-7,10,21H,3,8-9,11-12H2. The highest BCUT2D eigenvalue weighted by atomic mass is 32.2. The number of benzene rings is 2. The Balaban J connectivity index is 1.34. The molecule has 31 heavy (non-hydrogen) atoms. The van der Waals surface area contributed by atoms with E-state index >= 15 is 0 Å². The van der Waals surface area contributed by atoms with Gasteiger partial charge in [0.2, 0.25) is 10.0 Å². The van der Waals surface area contributed by atoms with Gasteiger partial charge in [-0.05, 0) is 24.3 Å². The minimum atomic E-state index is -4.04. The number of carbonyl (C=O) groups excluding carboxylic acids is 3. The second-order valence-corrected chi connectivity index (χ2v) is 8.48. The van der Waals surface area contributed by atoms with Crippen LogP contribution in [-0.4, -0.2) is 57.6 Å². The number of nitrogens with one attached hydrogen (secondary N) is 1. The van der Waals surface area contributed by atoms with Gasteiger partial charge in [-0.15, -0.1) is 0 Å². The maximum Gasteiger partial charge on any atom is 0.322 e. The minimum Gasteiger partial charge on any atom is -0.490 e. The predicted octanol–water partition coefficient (Wildman–Crippen LogP) is 0.923. The first-order valence-corrected chi connectivity index (χ1v) is 10.9. The van der Waals surface area contributed by atoms with Crippen molar-refractivity contribution in [1.82, 2.24) is 9.62 Å². The van der Waals surface area contributed by atoms with E-state index in [9.17, 15) is 22.8 Å². The molecule has 0 unspecified atom stereocenters. The number of rotatable bonds is 6. The van der Waals surface area contributed by atoms with Gasteiger partial charge in [0.15, 0.2) is 18.2 Å². The number of amides is 2. The number of sulfonamides is 1. The van der Waals surface area contributed by atoms with Gasteiger partial charge in [-0.3, -0.25) is 14.4 Å². The zero-order valence-corrected chi connectivity index (χ0v) is 17.0. The van der Waals surface area contributed by atoms with Crippen molar-refractivity contribution in [2.45, 2.75) is 11.3 Å². The van der Waals surface area contributed by atoms with Gasteiger partial charge in [0, 0.05) is 12.5 Å². The lowest BCUT2D eigenvalue weighted by Gasteiger charge is -2.14. The van der Waals surface area contributed by atoms with Crippen LogP contribution in [0.4, 0.5) is 0 Å². The fourth-order valence-corrected chi connectivity index (χ4v) is 4.08. The molecule has 2 aromatic carbocycles. The quantitative estimate of drug-likeness (QED) is 0.513. The molecule has 0 aliphatic carbocycles. The second-order valence-electron chi connectivity index (χ2n) is 6.71. The number of fused-ring (bicyclic) bond motifs is 2. The van der Waals surface area contributed by atoms with Gasteiger partial charge in [-0.1, -0.05) is 12.1 Å². The topological polar surface area (TPSA) is 128 Å². The number of ether oxygens (including phenoxy) is 3. The normalized spacial score (nSPS) is 15.4. The molecule has 162 valence electrons. The molecule has 2 aliphatic rings. The van der Waals surface area contributed by atoms with Crippen LogP contribution in [0.15, 0.2) is 47.4 Å². The molecule has 2 aromatic rings. The van der Waals surface area contributed by atoms with Gasteiger partial charge in [-0.25, -0.2) is 13.3 Å². The number of carbonyl (C=O) groups is 3. The molecule has 4 rings (SSSR count). The Bertz CT molecular complexity index is 1130. The van der Waals surface area contributed by atoms with Crippen molar-refractivity contribution in [3.05, 3.63) is 53.6 Å². The van der Waals surface area contributed by atoms with E-state index in [4.69, 9.17) is 14.2 Å². The molecule has 11 heteroatoms. The number of nitrogens with zero attached hydrogens (tertiary/aromatic N) is 1. The summed E-state index contributed by atoms with van der Waals surface area (Å²) >= 11 is 0. The van der Waals surface area contributed by atoms with E-state index in [1.807, 2.05) is 0 Å². The summed E-state index contributed by atoms with van der Waals surface area (Å²) in [5.74, 6) is -1.37. The van der Waals surface area contributed by atoms with E-state index < -0.39 is 41.1 Å². The molecule has 0 spiro atoms. The van der Waals surface area contributed by atoms with Gasteiger partial charge in [0.1, 0.15) is 6.54 Å². The molecular formula is C20H18N2O8S. The summed E-state index contributed by atoms with van der Waals surface area (Å²) in [4.78, 5) is 37.2. The molecule has 2 amide bonds. The van der Waals surface area contributed by atoms with Gasteiger partial charge in [-0.2, -0.15) is 4.72 Å². The third-order valence-electron chi connectivity index (χ3n) is 4.67. The SMILES string of the molecule is O=C(CNS(=O)(=O)c1ccc2c(c1)OCCCO2)OCN1C(=O)c2ccccc2C1=O. The number of imide groups is 1. The van der Waals surface area contributed by atoms with Crippen molar-refractivity contribution >= 4 is 27.8 Å². The van der Waals surface area contributed by atoms with Crippen molar-refractivity contribution in [3.8, 4) is 11.5 Å². The molecular weight excluding hydrogens is 428 g/mol. The fraction of sp³-hybridized carbons (Fsp3) is 0.250. The van der Waals surface area contributed by atoms with Crippen LogP contribution < -0.4 is 14.2 Å². The van der Waals surface area contributed by atoms with Gasteiger partial charge >= 0.3 is 5.97 Å². The largest absolute Gasteiger partial charge is 0.490 e. The number of esters is 1. The maximum absolute atomic E-state index is 12.5. The van der Waals surface area contributed by atoms with E-state index in [2.05, 4.69) is 4.72 Å². The highest BCUT2D eigenvalue weighted by molar-refractivity contribution is 7.89. The first-order valence-electron chi connectivity index (χ1n) is 9.37. The van der Waals surface area contributed by atoms with Crippen molar-refractivity contribution < 1.29 is 37.0 Å². The zero-order valence-electron chi connectivity index (χ0n) is 16.2. The highest BCUT2D eigenvalue weighted by Crippen LogP contribution is 2.31. The number of hydrogen-bond acceptors (Lipinski definition) is 8. The Hall–Kier alpha value is -3.44. The van der Waals surface area contributed by atoms with Crippen LogP contribution in [0.25, 0.3) is 0 Å². The van der Waals surface area contributed by atoms with Crippen molar-refractivity contribution in [2.75, 3.05) is 26.5 Å². The average molecular weight is 446 g/mol. The summed E-state index contributed by atoms with van der Waals surface area (Å²) in [7, 11) is -4.04. The third kappa shape index (κ3) is 4.23. The fourth-order valence-electron chi connectivity index (χ4n) is 3.09. The molecule has 0 atom stereocenters. The van der Waals surface area contributed by atoms with E-state index in [0.29, 0.717) is 31.1 Å². The lowest BCUT2D eigenvalue weighted by Crippen LogP contribution is -2.36. The smallest absolute Gasteiger partial charge is 0.322 e. The average Bonchev–Trinajstić information content (AvgIpc) is 2.92. The monoisotopic (exact) mass is 446 g/mol. The molecule has 0 saturated heterocycles. The summed E-state index contributed by atoms with van der Waals surface area (Å²) < 4.78 is 42.9. The molecule has 2 heterocycles. The zero-order chi connectivity index (χ0) is 22.0. The van der Waals surface area contributed by atoms with Crippen molar-refractivity contribution in [1.29, 1.82) is 0 Å². The molecule has 2 aliphatic heterocycles. The maximum atomic E-state index is 12.5. The van der Waals surface area contributed by atoms with Gasteiger partial charge < -0.3 is 14.2 Å². The molecule has 0 saturated carbocycles. The number of hydrogen-bond donors (Lipinski definition) is 1. The Labute approximate surface area is 177 Å². The first kappa shape index (κ1) is 20.8.